The molecule has 7 nitrogen and oxygen atoms in total. The number of aromatic nitrogens is 2. The van der Waals surface area contributed by atoms with Gasteiger partial charge in [-0.25, -0.2) is 4.79 Å². The maximum atomic E-state index is 12.7. The van der Waals surface area contributed by atoms with Gasteiger partial charge in [-0.2, -0.15) is 5.10 Å². The molecule has 0 radical (unpaired) electrons. The molecule has 2 heterocycles. The smallest absolute Gasteiger partial charge is 0.318 e. The lowest BCUT2D eigenvalue weighted by Gasteiger charge is -2.17. The summed E-state index contributed by atoms with van der Waals surface area (Å²) in [5, 5.41) is 15.3. The van der Waals surface area contributed by atoms with Crippen LogP contribution in [0.5, 0.6) is 0 Å². The summed E-state index contributed by atoms with van der Waals surface area (Å²) in [7, 11) is 0. The second-order valence-corrected chi connectivity index (χ2v) is 7.89. The number of aromatic amines is 1. The third-order valence-electron chi connectivity index (χ3n) is 5.71. The van der Waals surface area contributed by atoms with E-state index in [0.717, 1.165) is 33.2 Å². The molecule has 32 heavy (non-hydrogen) atoms. The van der Waals surface area contributed by atoms with E-state index in [9.17, 15) is 9.59 Å². The molecule has 4 aromatic rings. The molecule has 3 amide bonds. The number of hydrogen-bond acceptors (Lipinski definition) is 3. The maximum absolute atomic E-state index is 12.7. The molecule has 0 aliphatic carbocycles. The Balaban J connectivity index is 1.22. The van der Waals surface area contributed by atoms with Crippen LogP contribution < -0.4 is 10.6 Å². The van der Waals surface area contributed by atoms with Crippen molar-refractivity contribution in [2.24, 2.45) is 0 Å². The Bertz CT molecular complexity index is 1280. The summed E-state index contributed by atoms with van der Waals surface area (Å²) in [6, 6.07) is 23.6. The van der Waals surface area contributed by atoms with E-state index in [1.54, 1.807) is 4.90 Å². The van der Waals surface area contributed by atoms with Gasteiger partial charge in [0.2, 0.25) is 5.91 Å². The predicted octanol–water partition coefficient (Wildman–Crippen LogP) is 3.97. The molecule has 0 fully saturated rings. The molecule has 0 atom stereocenters. The first kappa shape index (κ1) is 19.8. The van der Waals surface area contributed by atoms with Crippen molar-refractivity contribution in [3.8, 4) is 0 Å². The van der Waals surface area contributed by atoms with Crippen LogP contribution in [0.25, 0.3) is 10.8 Å². The highest BCUT2D eigenvalue weighted by Crippen LogP contribution is 2.27. The van der Waals surface area contributed by atoms with Crippen molar-refractivity contribution in [3.63, 3.8) is 0 Å². The third-order valence-corrected chi connectivity index (χ3v) is 5.71. The largest absolute Gasteiger partial charge is 0.334 e. The van der Waals surface area contributed by atoms with Gasteiger partial charge < -0.3 is 15.5 Å². The fourth-order valence-corrected chi connectivity index (χ4v) is 4.07. The molecule has 0 saturated carbocycles. The van der Waals surface area contributed by atoms with Gasteiger partial charge in [0.15, 0.2) is 0 Å². The Labute approximate surface area is 185 Å². The quantitative estimate of drug-likeness (QED) is 0.452. The second kappa shape index (κ2) is 8.55. The average Bonchev–Trinajstić information content (AvgIpc) is 3.40. The van der Waals surface area contributed by atoms with E-state index in [0.29, 0.717) is 25.5 Å². The van der Waals surface area contributed by atoms with E-state index in [1.807, 2.05) is 72.8 Å². The number of fused-ring (bicyclic) bond motifs is 2. The summed E-state index contributed by atoms with van der Waals surface area (Å²) < 4.78 is 0. The van der Waals surface area contributed by atoms with Crippen molar-refractivity contribution >= 4 is 28.5 Å². The van der Waals surface area contributed by atoms with Gasteiger partial charge in [-0.1, -0.05) is 72.8 Å². The molecule has 3 N–H and O–H groups in total. The molecule has 1 aliphatic heterocycles. The number of benzene rings is 3. The SMILES string of the molecule is O=C(Cc1cccc2ccccc12)Nc1[nH]nc2c1CN(C(=O)NCc1ccccc1)C2. The minimum atomic E-state index is -0.153. The van der Waals surface area contributed by atoms with Gasteiger partial charge in [0, 0.05) is 12.1 Å². The molecule has 3 aromatic carbocycles. The van der Waals surface area contributed by atoms with Gasteiger partial charge in [0.1, 0.15) is 5.82 Å². The normalized spacial score (nSPS) is 12.6. The van der Waals surface area contributed by atoms with Crippen molar-refractivity contribution in [1.82, 2.24) is 20.4 Å². The van der Waals surface area contributed by atoms with Gasteiger partial charge in [-0.15, -0.1) is 0 Å². The number of nitrogens with one attached hydrogen (secondary N) is 3. The molecule has 0 saturated heterocycles. The Morgan fingerprint density at radius 1 is 0.938 bits per heavy atom. The summed E-state index contributed by atoms with van der Waals surface area (Å²) in [5.74, 6) is 0.434. The Kier molecular flexibility index (Phi) is 5.29. The molecule has 160 valence electrons. The topological polar surface area (TPSA) is 90.1 Å². The van der Waals surface area contributed by atoms with Gasteiger partial charge >= 0.3 is 6.03 Å². The van der Waals surface area contributed by atoms with E-state index in [1.165, 1.54) is 0 Å². The summed E-state index contributed by atoms with van der Waals surface area (Å²) in [6.45, 7) is 1.27. The molecule has 1 aliphatic rings. The van der Waals surface area contributed by atoms with Crippen LogP contribution in [0.15, 0.2) is 72.8 Å². The van der Waals surface area contributed by atoms with Crippen LogP contribution in [0.4, 0.5) is 10.6 Å². The van der Waals surface area contributed by atoms with Crippen molar-refractivity contribution in [3.05, 3.63) is 95.2 Å². The Morgan fingerprint density at radius 2 is 1.72 bits per heavy atom. The van der Waals surface area contributed by atoms with Crippen LogP contribution >= 0.6 is 0 Å². The molecule has 5 rings (SSSR count). The van der Waals surface area contributed by atoms with Crippen LogP contribution in [0.3, 0.4) is 0 Å². The monoisotopic (exact) mass is 425 g/mol. The highest BCUT2D eigenvalue weighted by molar-refractivity contribution is 5.96. The minimum absolute atomic E-state index is 0.125. The first-order valence-corrected chi connectivity index (χ1v) is 10.6. The molecule has 7 heteroatoms. The zero-order chi connectivity index (χ0) is 21.9. The third kappa shape index (κ3) is 4.05. The van der Waals surface area contributed by atoms with E-state index in [4.69, 9.17) is 0 Å². The molecular weight excluding hydrogens is 402 g/mol. The number of rotatable bonds is 5. The number of carbonyl (C=O) groups is 2. The lowest BCUT2D eigenvalue weighted by Crippen LogP contribution is -2.36. The van der Waals surface area contributed by atoms with Gasteiger partial charge in [-0.05, 0) is 21.9 Å². The second-order valence-electron chi connectivity index (χ2n) is 7.89. The zero-order valence-electron chi connectivity index (χ0n) is 17.5. The fraction of sp³-hybridized carbons (Fsp3) is 0.160. The van der Waals surface area contributed by atoms with Crippen molar-refractivity contribution in [2.75, 3.05) is 5.32 Å². The summed E-state index contributed by atoms with van der Waals surface area (Å²) in [5.41, 5.74) is 3.64. The highest BCUT2D eigenvalue weighted by Gasteiger charge is 2.29. The Hall–Kier alpha value is -4.13. The molecule has 0 unspecified atom stereocenters. The average molecular weight is 425 g/mol. The number of urea groups is 1. The lowest BCUT2D eigenvalue weighted by atomic mass is 10.0. The van der Waals surface area contributed by atoms with Crippen molar-refractivity contribution in [1.29, 1.82) is 0 Å². The first-order chi connectivity index (χ1) is 15.7. The van der Waals surface area contributed by atoms with Crippen molar-refractivity contribution in [2.45, 2.75) is 26.1 Å². The summed E-state index contributed by atoms with van der Waals surface area (Å²) in [6.07, 6.45) is 0.260. The van der Waals surface area contributed by atoms with E-state index in [2.05, 4.69) is 20.8 Å². The number of hydrogen-bond donors (Lipinski definition) is 3. The Morgan fingerprint density at radius 3 is 2.59 bits per heavy atom. The van der Waals surface area contributed by atoms with Crippen LogP contribution in [0.2, 0.25) is 0 Å². The van der Waals surface area contributed by atoms with E-state index >= 15 is 0 Å². The molecule has 1 aromatic heterocycles. The van der Waals surface area contributed by atoms with Crippen molar-refractivity contribution < 1.29 is 9.59 Å². The molecular formula is C25H23N5O2. The maximum Gasteiger partial charge on any atom is 0.318 e. The zero-order valence-corrected chi connectivity index (χ0v) is 17.5. The number of nitrogens with zero attached hydrogens (tertiary/aromatic N) is 2. The number of amides is 3. The summed E-state index contributed by atoms with van der Waals surface area (Å²) >= 11 is 0. The lowest BCUT2D eigenvalue weighted by molar-refractivity contribution is -0.115. The van der Waals surface area contributed by atoms with Crippen LogP contribution in [0.1, 0.15) is 22.4 Å². The summed E-state index contributed by atoms with van der Waals surface area (Å²) in [4.78, 5) is 27.0. The molecule has 0 bridgehead atoms. The van der Waals surface area contributed by atoms with Crippen LogP contribution in [-0.4, -0.2) is 27.0 Å². The van der Waals surface area contributed by atoms with E-state index < -0.39 is 0 Å². The fourth-order valence-electron chi connectivity index (χ4n) is 4.07. The van der Waals surface area contributed by atoms with E-state index in [-0.39, 0.29) is 18.4 Å². The number of H-pyrrole nitrogens is 1. The van der Waals surface area contributed by atoms with Crippen LogP contribution in [0, 0.1) is 0 Å². The number of anilines is 1. The van der Waals surface area contributed by atoms with Gasteiger partial charge in [0.05, 0.1) is 25.2 Å². The van der Waals surface area contributed by atoms with Gasteiger partial charge in [-0.3, -0.25) is 9.89 Å². The predicted molar refractivity (Wildman–Crippen MR) is 123 cm³/mol. The highest BCUT2D eigenvalue weighted by atomic mass is 16.2. The molecule has 0 spiro atoms. The number of carbonyl (C=O) groups excluding carboxylic acids is 2. The minimum Gasteiger partial charge on any atom is -0.334 e. The standard InChI is InChI=1S/C25H23N5O2/c31-23(13-19-11-6-10-18-9-4-5-12-20(18)19)27-24-21-15-30(16-22(21)28-29-24)25(32)26-14-17-7-2-1-3-8-17/h1-12H,13-16H2,(H,26,32)(H2,27,28,29,31). The first-order valence-electron chi connectivity index (χ1n) is 10.6. The van der Waals surface area contributed by atoms with Gasteiger partial charge in [0.25, 0.3) is 0 Å². The van der Waals surface area contributed by atoms with Crippen LogP contribution in [-0.2, 0) is 30.8 Å².